The number of carboxylic acids is 1. The first kappa shape index (κ1) is 30.7. The van der Waals surface area contributed by atoms with E-state index < -0.39 is 30.4 Å². The Kier molecular flexibility index (Phi) is 11.9. The second-order valence-electron chi connectivity index (χ2n) is 9.08. The van der Waals surface area contributed by atoms with Gasteiger partial charge < -0.3 is 25.2 Å². The van der Waals surface area contributed by atoms with Gasteiger partial charge in [0.1, 0.15) is 17.3 Å². The number of nitrogens with zero attached hydrogens (tertiary/aromatic N) is 2. The molecule has 3 aromatic rings. The number of aliphatic hydroxyl groups is 2. The number of rotatable bonds is 12. The Morgan fingerprint density at radius 1 is 1.03 bits per heavy atom. The molecule has 4 N–H and O–H groups in total. The predicted molar refractivity (Wildman–Crippen MR) is 140 cm³/mol. The molecule has 0 aliphatic rings. The Morgan fingerprint density at radius 3 is 2.27 bits per heavy atom. The second-order valence-corrected chi connectivity index (χ2v) is 9.08. The van der Waals surface area contributed by atoms with Gasteiger partial charge in [-0.3, -0.25) is 9.59 Å². The van der Waals surface area contributed by atoms with Gasteiger partial charge in [-0.05, 0) is 48.6 Å². The fourth-order valence-corrected chi connectivity index (χ4v) is 4.12. The zero-order valence-electron chi connectivity index (χ0n) is 20.4. The van der Waals surface area contributed by atoms with Crippen LogP contribution in [-0.4, -0.2) is 78.5 Å². The van der Waals surface area contributed by atoms with Crippen LogP contribution in [0.3, 0.4) is 0 Å². The third-order valence-corrected chi connectivity index (χ3v) is 5.81. The Labute approximate surface area is 237 Å². The van der Waals surface area contributed by atoms with Crippen molar-refractivity contribution in [2.45, 2.75) is 64.3 Å². The van der Waals surface area contributed by atoms with Gasteiger partial charge in [-0.2, -0.15) is 0 Å². The van der Waals surface area contributed by atoms with Gasteiger partial charge in [0, 0.05) is 18.7 Å². The van der Waals surface area contributed by atoms with Crippen LogP contribution in [0.5, 0.6) is 0 Å². The number of nitrogens with one attached hydrogen (secondary N) is 1. The average molecular weight is 522 g/mol. The fraction of sp³-hybridized carbons (Fsp3) is 0.370. The number of hydrogen-bond donors (Lipinski definition) is 4. The number of carboxylic acid groups (broad SMARTS) is 1. The summed E-state index contributed by atoms with van der Waals surface area (Å²) in [5.74, 6) is -1.52. The standard InChI is InChI=1S/C27H32FN3O5.Na.H/c1-17(2)25-24(27(36)29-16-18-6-4-3-5-7-18)30-26(19-8-10-20(28)11-9-19)31(25)13-12-21(32)14-22(33)15-23(34)35;;/h3-11,17,21-22,32-33H,12-16H2,1-2H3,(H,29,36)(H,34,35);;/t21-,22-;;/m1../s1. The summed E-state index contributed by atoms with van der Waals surface area (Å²) in [6, 6.07) is 15.3. The van der Waals surface area contributed by atoms with Gasteiger partial charge in [0.25, 0.3) is 5.91 Å². The van der Waals surface area contributed by atoms with E-state index in [4.69, 9.17) is 5.11 Å². The summed E-state index contributed by atoms with van der Waals surface area (Å²) in [6.07, 6.45) is -2.47. The SMILES string of the molecule is CC(C)c1c(C(=O)NCc2ccccc2)nc(-c2ccc(F)cc2)n1CC[C@@H](O)C[C@@H](O)CC(=O)O.[NaH]. The number of benzene rings is 2. The van der Waals surface area contributed by atoms with E-state index in [1.54, 1.807) is 12.1 Å². The summed E-state index contributed by atoms with van der Waals surface area (Å²) in [7, 11) is 0. The molecule has 0 radical (unpaired) electrons. The van der Waals surface area contributed by atoms with Crippen LogP contribution < -0.4 is 5.32 Å². The van der Waals surface area contributed by atoms with E-state index in [9.17, 15) is 24.2 Å². The van der Waals surface area contributed by atoms with E-state index in [1.165, 1.54) is 12.1 Å². The number of halogens is 1. The van der Waals surface area contributed by atoms with E-state index in [0.29, 0.717) is 23.6 Å². The van der Waals surface area contributed by atoms with Crippen molar-refractivity contribution < 1.29 is 29.3 Å². The van der Waals surface area contributed by atoms with E-state index >= 15 is 0 Å². The molecule has 1 amide bonds. The molecular formula is C27H33FN3NaO5. The summed E-state index contributed by atoms with van der Waals surface area (Å²) < 4.78 is 15.4. The van der Waals surface area contributed by atoms with Gasteiger partial charge >= 0.3 is 35.5 Å². The molecule has 1 heterocycles. The summed E-state index contributed by atoms with van der Waals surface area (Å²) in [6.45, 7) is 4.46. The third kappa shape index (κ3) is 8.76. The number of aliphatic hydroxyl groups excluding tert-OH is 2. The van der Waals surface area contributed by atoms with Crippen LogP contribution in [0.4, 0.5) is 4.39 Å². The Bertz CT molecular complexity index is 1170. The molecular weight excluding hydrogens is 488 g/mol. The number of imidazole rings is 1. The molecule has 37 heavy (non-hydrogen) atoms. The topological polar surface area (TPSA) is 125 Å². The number of amides is 1. The molecule has 0 spiro atoms. The quantitative estimate of drug-likeness (QED) is 0.272. The van der Waals surface area contributed by atoms with Crippen LogP contribution in [0.15, 0.2) is 54.6 Å². The first-order valence-electron chi connectivity index (χ1n) is 11.9. The van der Waals surface area contributed by atoms with Gasteiger partial charge in [-0.1, -0.05) is 44.2 Å². The number of hydrogen-bond acceptors (Lipinski definition) is 5. The van der Waals surface area contributed by atoms with Crippen molar-refractivity contribution in [3.05, 3.63) is 77.4 Å². The molecule has 0 saturated heterocycles. The van der Waals surface area contributed by atoms with Crippen LogP contribution in [0.25, 0.3) is 11.4 Å². The van der Waals surface area contributed by atoms with E-state index in [1.807, 2.05) is 48.7 Å². The zero-order chi connectivity index (χ0) is 26.2. The molecule has 0 aliphatic carbocycles. The molecule has 0 unspecified atom stereocenters. The fourth-order valence-electron chi connectivity index (χ4n) is 4.12. The number of carbonyl (C=O) groups is 2. The molecule has 194 valence electrons. The van der Waals surface area contributed by atoms with Gasteiger partial charge in [-0.15, -0.1) is 0 Å². The molecule has 3 rings (SSSR count). The van der Waals surface area contributed by atoms with E-state index in [0.717, 1.165) is 5.56 Å². The van der Waals surface area contributed by atoms with E-state index in [2.05, 4.69) is 10.3 Å². The Hall–Kier alpha value is -2.56. The summed E-state index contributed by atoms with van der Waals surface area (Å²) >= 11 is 0. The summed E-state index contributed by atoms with van der Waals surface area (Å²) in [5.41, 5.74) is 2.47. The molecule has 2 atom stereocenters. The van der Waals surface area contributed by atoms with Crippen LogP contribution in [-0.2, 0) is 17.9 Å². The molecule has 0 aliphatic heterocycles. The first-order valence-corrected chi connectivity index (χ1v) is 11.9. The van der Waals surface area contributed by atoms with Gasteiger partial charge in [0.05, 0.1) is 24.3 Å². The van der Waals surface area contributed by atoms with Crippen LogP contribution in [0, 0.1) is 5.82 Å². The van der Waals surface area contributed by atoms with Gasteiger partial charge in [0.15, 0.2) is 0 Å². The van der Waals surface area contributed by atoms with Crippen molar-refractivity contribution in [3.8, 4) is 11.4 Å². The molecule has 10 heteroatoms. The maximum atomic E-state index is 13.6. The molecule has 0 fully saturated rings. The third-order valence-electron chi connectivity index (χ3n) is 5.81. The predicted octanol–water partition coefficient (Wildman–Crippen LogP) is 3.07. The maximum absolute atomic E-state index is 13.6. The summed E-state index contributed by atoms with van der Waals surface area (Å²) in [4.78, 5) is 28.6. The number of carbonyl (C=O) groups excluding carboxylic acids is 1. The van der Waals surface area contributed by atoms with Gasteiger partial charge in [-0.25, -0.2) is 9.37 Å². The van der Waals surface area contributed by atoms with Crippen molar-refractivity contribution in [3.63, 3.8) is 0 Å². The van der Waals surface area contributed by atoms with Crippen LogP contribution in [0.2, 0.25) is 0 Å². The van der Waals surface area contributed by atoms with E-state index in [-0.39, 0.29) is 66.5 Å². The summed E-state index contributed by atoms with van der Waals surface area (Å²) in [5, 5.41) is 32.0. The molecule has 8 nitrogen and oxygen atoms in total. The Balaban J connectivity index is 0.00000481. The molecule has 2 aromatic carbocycles. The van der Waals surface area contributed by atoms with Crippen molar-refractivity contribution >= 4 is 41.4 Å². The van der Waals surface area contributed by atoms with Crippen molar-refractivity contribution in [1.82, 2.24) is 14.9 Å². The monoisotopic (exact) mass is 521 g/mol. The van der Waals surface area contributed by atoms with Crippen LogP contribution in [0.1, 0.15) is 60.8 Å². The second kappa shape index (κ2) is 14.4. The van der Waals surface area contributed by atoms with Crippen molar-refractivity contribution in [1.29, 1.82) is 0 Å². The normalized spacial score (nSPS) is 12.6. The molecule has 0 bridgehead atoms. The average Bonchev–Trinajstić information content (AvgIpc) is 3.21. The minimum atomic E-state index is -1.17. The molecule has 1 aromatic heterocycles. The molecule has 0 saturated carbocycles. The van der Waals surface area contributed by atoms with Crippen molar-refractivity contribution in [2.75, 3.05) is 0 Å². The number of aliphatic carboxylic acids is 1. The minimum absolute atomic E-state index is 0. The van der Waals surface area contributed by atoms with Crippen molar-refractivity contribution in [2.24, 2.45) is 0 Å². The van der Waals surface area contributed by atoms with Gasteiger partial charge in [0.2, 0.25) is 0 Å². The number of aromatic nitrogens is 2. The van der Waals surface area contributed by atoms with Crippen LogP contribution >= 0.6 is 0 Å². The Morgan fingerprint density at radius 2 is 1.68 bits per heavy atom. The first-order chi connectivity index (χ1) is 17.2. The zero-order valence-corrected chi connectivity index (χ0v) is 20.4.